The van der Waals surface area contributed by atoms with Crippen LogP contribution in [0.5, 0.6) is 0 Å². The van der Waals surface area contributed by atoms with Crippen LogP contribution in [0.2, 0.25) is 0 Å². The molecule has 0 radical (unpaired) electrons. The van der Waals surface area contributed by atoms with Crippen LogP contribution in [-0.4, -0.2) is 164 Å². The van der Waals surface area contributed by atoms with E-state index >= 15 is 0 Å². The summed E-state index contributed by atoms with van der Waals surface area (Å²) in [6, 6.07) is -4.02. The summed E-state index contributed by atoms with van der Waals surface area (Å²) < 4.78 is 21.1. The first-order valence-corrected chi connectivity index (χ1v) is 23.9. The van der Waals surface area contributed by atoms with Gasteiger partial charge in [-0.3, -0.25) is 33.6 Å². The topological polar surface area (TPSA) is 375 Å². The summed E-state index contributed by atoms with van der Waals surface area (Å²) in [7, 11) is 0. The van der Waals surface area contributed by atoms with Crippen molar-refractivity contribution >= 4 is 59.3 Å². The SMILES string of the molecule is NC(=O)CC[C@H](NC(=O)CCC(NC(=O)COCCOCCNC(=O)COCCOCCNC(=O)CC[C@H](NC(=O)CCCCCCCCCCCCCCCCC(=O)O)C(=O)O)C(=O)O)C(=O)O. The van der Waals surface area contributed by atoms with E-state index in [1.807, 2.05) is 0 Å². The first kappa shape index (κ1) is 63.5. The molecule has 0 aliphatic carbocycles. The Balaban J connectivity index is 3.85. The Morgan fingerprint density at radius 2 is 0.696 bits per heavy atom. The lowest BCUT2D eigenvalue weighted by atomic mass is 10.0. The number of unbranched alkanes of at least 4 members (excludes halogenated alkanes) is 13. The molecule has 0 aliphatic rings. The second-order valence-electron chi connectivity index (χ2n) is 16.3. The summed E-state index contributed by atoms with van der Waals surface area (Å²) in [5.74, 6) is -8.23. The fourth-order valence-electron chi connectivity index (χ4n) is 6.50. The number of ether oxygens (including phenoxy) is 4. The van der Waals surface area contributed by atoms with Gasteiger partial charge in [0.25, 0.3) is 0 Å². The number of carbonyl (C=O) groups excluding carboxylic acids is 6. The number of hydrogen-bond acceptors (Lipinski definition) is 14. The summed E-state index contributed by atoms with van der Waals surface area (Å²) in [6.07, 6.45) is 13.8. The van der Waals surface area contributed by atoms with E-state index in [1.54, 1.807) is 0 Å². The second-order valence-corrected chi connectivity index (χ2v) is 16.3. The number of rotatable bonds is 48. The number of hydrogen-bond donors (Lipinski definition) is 10. The number of primary amides is 1. The standard InChI is InChI=1S/C45H78N6O18/c46-36(52)20-17-33(43(60)61)50-39(55)22-19-35(45(64)65)51-41(57)32-69-30-28-67-26-24-48-40(56)31-68-29-27-66-25-23-47-37(53)21-18-34(44(62)63)49-38(54)15-13-11-9-7-5-3-1-2-4-6-8-10-12-14-16-42(58)59/h33-35H,1-32H2,(H2,46,52)(H,47,53)(H,48,56)(H,49,54)(H,50,55)(H,51,57)(H,58,59)(H,60,61)(H,62,63)(H,64,65)/t33-,34-,35?/m0/s1. The molecule has 0 saturated heterocycles. The molecule has 6 amide bonds. The third-order valence-electron chi connectivity index (χ3n) is 10.3. The van der Waals surface area contributed by atoms with E-state index in [0.29, 0.717) is 6.42 Å². The Hall–Kier alpha value is -5.46. The maximum absolute atomic E-state index is 12.3. The van der Waals surface area contributed by atoms with Gasteiger partial charge in [-0.25, -0.2) is 14.4 Å². The molecule has 396 valence electrons. The van der Waals surface area contributed by atoms with Crippen LogP contribution in [0.4, 0.5) is 0 Å². The van der Waals surface area contributed by atoms with Crippen LogP contribution < -0.4 is 32.3 Å². The molecule has 0 spiro atoms. The zero-order valence-corrected chi connectivity index (χ0v) is 39.9. The molecule has 0 aromatic carbocycles. The fourth-order valence-corrected chi connectivity index (χ4v) is 6.50. The van der Waals surface area contributed by atoms with Gasteiger partial charge in [0, 0.05) is 45.2 Å². The monoisotopic (exact) mass is 991 g/mol. The Bertz CT molecular complexity index is 1540. The minimum absolute atomic E-state index is 0.0335. The lowest BCUT2D eigenvalue weighted by Gasteiger charge is -2.16. The van der Waals surface area contributed by atoms with Crippen molar-refractivity contribution in [1.82, 2.24) is 26.6 Å². The third kappa shape index (κ3) is 41.3. The van der Waals surface area contributed by atoms with Gasteiger partial charge in [0.15, 0.2) is 0 Å². The van der Waals surface area contributed by atoms with Gasteiger partial charge >= 0.3 is 23.9 Å². The molecule has 0 rings (SSSR count). The zero-order chi connectivity index (χ0) is 51.5. The minimum atomic E-state index is -1.46. The molecule has 24 nitrogen and oxygen atoms in total. The maximum Gasteiger partial charge on any atom is 0.326 e. The van der Waals surface area contributed by atoms with Crippen LogP contribution in [0.15, 0.2) is 0 Å². The van der Waals surface area contributed by atoms with Gasteiger partial charge in [0.2, 0.25) is 35.4 Å². The van der Waals surface area contributed by atoms with Gasteiger partial charge in [0.1, 0.15) is 31.3 Å². The molecule has 0 aliphatic heterocycles. The van der Waals surface area contributed by atoms with Crippen molar-refractivity contribution < 1.29 is 87.3 Å². The molecule has 0 aromatic rings. The van der Waals surface area contributed by atoms with Crippen molar-refractivity contribution in [3.05, 3.63) is 0 Å². The van der Waals surface area contributed by atoms with Crippen molar-refractivity contribution in [2.24, 2.45) is 5.73 Å². The van der Waals surface area contributed by atoms with Gasteiger partial charge in [-0.15, -0.1) is 0 Å². The molecule has 0 saturated carbocycles. The summed E-state index contributed by atoms with van der Waals surface area (Å²) in [5.41, 5.74) is 5.00. The Morgan fingerprint density at radius 3 is 1.12 bits per heavy atom. The minimum Gasteiger partial charge on any atom is -0.481 e. The van der Waals surface area contributed by atoms with Crippen LogP contribution >= 0.6 is 0 Å². The first-order valence-electron chi connectivity index (χ1n) is 23.9. The number of carbonyl (C=O) groups is 10. The van der Waals surface area contributed by atoms with Crippen molar-refractivity contribution in [2.75, 3.05) is 65.9 Å². The predicted octanol–water partition coefficient (Wildman–Crippen LogP) is 1.15. The van der Waals surface area contributed by atoms with Crippen molar-refractivity contribution in [2.45, 2.75) is 159 Å². The summed E-state index contributed by atoms with van der Waals surface area (Å²) in [6.45, 7) is 0.0759. The highest BCUT2D eigenvalue weighted by atomic mass is 16.5. The van der Waals surface area contributed by atoms with E-state index in [-0.39, 0.29) is 110 Å². The number of carboxylic acid groups (broad SMARTS) is 4. The first-order chi connectivity index (χ1) is 33.0. The average Bonchev–Trinajstić information content (AvgIpc) is 3.28. The normalized spacial score (nSPS) is 12.2. The fraction of sp³-hybridized carbons (Fsp3) is 0.778. The van der Waals surface area contributed by atoms with Crippen molar-refractivity contribution in [3.63, 3.8) is 0 Å². The van der Waals surface area contributed by atoms with E-state index in [0.717, 1.165) is 51.4 Å². The quantitative estimate of drug-likeness (QED) is 0.0382. The van der Waals surface area contributed by atoms with Crippen LogP contribution in [0, 0.1) is 0 Å². The lowest BCUT2D eigenvalue weighted by Crippen LogP contribution is -2.45. The molecule has 0 heterocycles. The van der Waals surface area contributed by atoms with Crippen LogP contribution in [0.1, 0.15) is 141 Å². The van der Waals surface area contributed by atoms with Crippen LogP contribution in [0.3, 0.4) is 0 Å². The summed E-state index contributed by atoms with van der Waals surface area (Å²) in [5, 5.41) is 48.8. The Kier molecular flexibility index (Phi) is 39.3. The largest absolute Gasteiger partial charge is 0.481 e. The Morgan fingerprint density at radius 1 is 0.362 bits per heavy atom. The molecule has 1 unspecified atom stereocenters. The zero-order valence-electron chi connectivity index (χ0n) is 39.9. The summed E-state index contributed by atoms with van der Waals surface area (Å²) in [4.78, 5) is 117. The van der Waals surface area contributed by atoms with Gasteiger partial charge in [-0.05, 0) is 32.1 Å². The van der Waals surface area contributed by atoms with Crippen LogP contribution in [0.25, 0.3) is 0 Å². The third-order valence-corrected chi connectivity index (χ3v) is 10.3. The van der Waals surface area contributed by atoms with Crippen molar-refractivity contribution in [1.29, 1.82) is 0 Å². The molecule has 69 heavy (non-hydrogen) atoms. The number of nitrogens with two attached hydrogens (primary N) is 1. The molecule has 0 fully saturated rings. The number of carboxylic acids is 4. The maximum atomic E-state index is 12.3. The summed E-state index contributed by atoms with van der Waals surface area (Å²) >= 11 is 0. The highest BCUT2D eigenvalue weighted by Gasteiger charge is 2.25. The predicted molar refractivity (Wildman–Crippen MR) is 246 cm³/mol. The van der Waals surface area contributed by atoms with E-state index < -0.39 is 84.6 Å². The van der Waals surface area contributed by atoms with Gasteiger partial charge in [-0.1, -0.05) is 77.0 Å². The Labute approximate surface area is 403 Å². The molecule has 11 N–H and O–H groups in total. The highest BCUT2D eigenvalue weighted by molar-refractivity contribution is 5.87. The van der Waals surface area contributed by atoms with Gasteiger partial charge in [0.05, 0.1) is 39.6 Å². The van der Waals surface area contributed by atoms with Crippen molar-refractivity contribution in [3.8, 4) is 0 Å². The lowest BCUT2D eigenvalue weighted by molar-refractivity contribution is -0.144. The smallest absolute Gasteiger partial charge is 0.326 e. The number of amides is 6. The molecule has 0 bridgehead atoms. The molecule has 0 aromatic heterocycles. The molecule has 24 heteroatoms. The van der Waals surface area contributed by atoms with Gasteiger partial charge < -0.3 is 71.7 Å². The molecular formula is C45H78N6O18. The van der Waals surface area contributed by atoms with E-state index in [2.05, 4.69) is 26.6 Å². The van der Waals surface area contributed by atoms with Crippen LogP contribution in [-0.2, 0) is 66.9 Å². The molecule has 3 atom stereocenters. The number of aliphatic carboxylic acids is 4. The second kappa shape index (κ2) is 42.6. The van der Waals surface area contributed by atoms with E-state index in [1.165, 1.54) is 32.1 Å². The van der Waals surface area contributed by atoms with E-state index in [9.17, 15) is 58.2 Å². The van der Waals surface area contributed by atoms with E-state index in [4.69, 9.17) is 34.9 Å². The molecular weight excluding hydrogens is 913 g/mol. The number of nitrogens with one attached hydrogen (secondary N) is 5. The highest BCUT2D eigenvalue weighted by Crippen LogP contribution is 2.14. The van der Waals surface area contributed by atoms with Gasteiger partial charge in [-0.2, -0.15) is 0 Å². The average molecular weight is 991 g/mol.